The second kappa shape index (κ2) is 6.21. The van der Waals surface area contributed by atoms with Crippen LogP contribution in [-0.2, 0) is 4.74 Å². The number of benzene rings is 1. The highest BCUT2D eigenvalue weighted by Crippen LogP contribution is 2.46. The average Bonchev–Trinajstić information content (AvgIpc) is 2.36. The number of hydrogen-bond donors (Lipinski definition) is 1. The maximum absolute atomic E-state index is 13.5. The number of halogens is 2. The van der Waals surface area contributed by atoms with Gasteiger partial charge in [-0.15, -0.1) is 0 Å². The molecule has 1 aromatic carbocycles. The third-order valence-corrected chi connectivity index (χ3v) is 4.34. The van der Waals surface area contributed by atoms with Crippen LogP contribution in [-0.4, -0.2) is 19.3 Å². The fourth-order valence-electron chi connectivity index (χ4n) is 2.74. The molecule has 1 aromatic rings. The van der Waals surface area contributed by atoms with Crippen LogP contribution < -0.4 is 5.32 Å². The summed E-state index contributed by atoms with van der Waals surface area (Å²) in [5.41, 5.74) is 0.559. The first-order valence-corrected chi connectivity index (χ1v) is 7.24. The van der Waals surface area contributed by atoms with Crippen LogP contribution in [0, 0.1) is 5.82 Å². The molecule has 0 saturated heterocycles. The largest absolute Gasteiger partial charge is 0.376 e. The van der Waals surface area contributed by atoms with Crippen LogP contribution in [0.3, 0.4) is 0 Å². The first-order valence-electron chi connectivity index (χ1n) is 6.86. The molecule has 2 nitrogen and oxygen atoms in total. The summed E-state index contributed by atoms with van der Waals surface area (Å²) in [6.07, 6.45) is 4.13. The van der Waals surface area contributed by atoms with Crippen LogP contribution in [0.1, 0.15) is 44.2 Å². The van der Waals surface area contributed by atoms with E-state index in [0.29, 0.717) is 5.02 Å². The molecule has 1 N–H and O–H groups in total. The number of ether oxygens (including phenoxy) is 1. The number of rotatable bonds is 6. The van der Waals surface area contributed by atoms with Crippen LogP contribution >= 0.6 is 11.6 Å². The van der Waals surface area contributed by atoms with Crippen LogP contribution in [0.4, 0.5) is 4.39 Å². The third-order valence-electron chi connectivity index (χ3n) is 4.00. The molecule has 1 aliphatic carbocycles. The minimum atomic E-state index is -0.256. The number of methoxy groups -OCH3 is 1. The molecular formula is C15H21ClFNO. The topological polar surface area (TPSA) is 21.3 Å². The van der Waals surface area contributed by atoms with E-state index in [2.05, 4.69) is 12.2 Å². The van der Waals surface area contributed by atoms with Crippen molar-refractivity contribution in [1.82, 2.24) is 5.32 Å². The van der Waals surface area contributed by atoms with Crippen molar-refractivity contribution in [3.05, 3.63) is 34.6 Å². The molecule has 1 unspecified atom stereocenters. The van der Waals surface area contributed by atoms with Gasteiger partial charge >= 0.3 is 0 Å². The molecule has 0 amide bonds. The molecule has 1 atom stereocenters. The van der Waals surface area contributed by atoms with Crippen molar-refractivity contribution < 1.29 is 9.13 Å². The summed E-state index contributed by atoms with van der Waals surface area (Å²) in [6, 6.07) is 4.49. The number of hydrogen-bond acceptors (Lipinski definition) is 2. The molecular weight excluding hydrogens is 265 g/mol. The standard InChI is InChI=1S/C15H21ClFNO/c1-3-9-18-14(15(19-2)7-4-8-15)12-10-11(17)5-6-13(12)16/h5-6,10,14,18H,3-4,7-9H2,1-2H3. The van der Waals surface area contributed by atoms with E-state index in [0.717, 1.165) is 37.8 Å². The lowest BCUT2D eigenvalue weighted by molar-refractivity contribution is -0.0997. The van der Waals surface area contributed by atoms with Crippen molar-refractivity contribution in [2.24, 2.45) is 0 Å². The highest BCUT2D eigenvalue weighted by atomic mass is 35.5. The van der Waals surface area contributed by atoms with Gasteiger partial charge in [-0.25, -0.2) is 4.39 Å². The SMILES string of the molecule is CCCNC(c1cc(F)ccc1Cl)C1(OC)CCC1. The maximum Gasteiger partial charge on any atom is 0.123 e. The molecule has 0 spiro atoms. The van der Waals surface area contributed by atoms with E-state index in [4.69, 9.17) is 16.3 Å². The molecule has 0 aromatic heterocycles. The van der Waals surface area contributed by atoms with Gasteiger partial charge in [0, 0.05) is 12.1 Å². The summed E-state index contributed by atoms with van der Waals surface area (Å²) in [7, 11) is 1.73. The lowest BCUT2D eigenvalue weighted by atomic mass is 9.72. The van der Waals surface area contributed by atoms with Gasteiger partial charge < -0.3 is 10.1 Å². The molecule has 106 valence electrons. The van der Waals surface area contributed by atoms with Gasteiger partial charge in [-0.2, -0.15) is 0 Å². The van der Waals surface area contributed by atoms with Crippen molar-refractivity contribution >= 4 is 11.6 Å². The summed E-state index contributed by atoms with van der Waals surface area (Å²) in [4.78, 5) is 0. The molecule has 1 saturated carbocycles. The van der Waals surface area contributed by atoms with Crippen molar-refractivity contribution in [3.8, 4) is 0 Å². The summed E-state index contributed by atoms with van der Waals surface area (Å²) >= 11 is 6.25. The second-order valence-corrected chi connectivity index (χ2v) is 5.58. The monoisotopic (exact) mass is 285 g/mol. The molecule has 4 heteroatoms. The van der Waals surface area contributed by atoms with Crippen LogP contribution in [0.15, 0.2) is 18.2 Å². The van der Waals surface area contributed by atoms with Crippen LogP contribution in [0.2, 0.25) is 5.02 Å². The van der Waals surface area contributed by atoms with Crippen molar-refractivity contribution in [1.29, 1.82) is 0 Å². The zero-order chi connectivity index (χ0) is 13.9. The Morgan fingerprint density at radius 3 is 2.74 bits per heavy atom. The summed E-state index contributed by atoms with van der Waals surface area (Å²) in [6.45, 7) is 2.97. The Hall–Kier alpha value is -0.640. The van der Waals surface area contributed by atoms with Gasteiger partial charge in [-0.1, -0.05) is 18.5 Å². The van der Waals surface area contributed by atoms with Crippen molar-refractivity contribution in [3.63, 3.8) is 0 Å². The van der Waals surface area contributed by atoms with Crippen molar-refractivity contribution in [2.45, 2.75) is 44.2 Å². The summed E-state index contributed by atoms with van der Waals surface area (Å²) in [5, 5.41) is 4.07. The Balaban J connectivity index is 2.33. The lowest BCUT2D eigenvalue weighted by Gasteiger charge is -2.47. The summed E-state index contributed by atoms with van der Waals surface area (Å²) in [5.74, 6) is -0.256. The van der Waals surface area contributed by atoms with Gasteiger partial charge in [0.2, 0.25) is 0 Å². The molecule has 1 aliphatic rings. The van der Waals surface area contributed by atoms with Gasteiger partial charge in [0.1, 0.15) is 5.82 Å². The molecule has 0 heterocycles. The van der Waals surface area contributed by atoms with Crippen LogP contribution in [0.5, 0.6) is 0 Å². The normalized spacial score (nSPS) is 18.9. The molecule has 0 radical (unpaired) electrons. The Morgan fingerprint density at radius 2 is 2.21 bits per heavy atom. The van der Waals surface area contributed by atoms with E-state index in [1.54, 1.807) is 13.2 Å². The van der Waals surface area contributed by atoms with E-state index in [-0.39, 0.29) is 17.5 Å². The average molecular weight is 286 g/mol. The first-order chi connectivity index (χ1) is 9.13. The van der Waals surface area contributed by atoms with Crippen LogP contribution in [0.25, 0.3) is 0 Å². The van der Waals surface area contributed by atoms with E-state index in [1.807, 2.05) is 0 Å². The van der Waals surface area contributed by atoms with E-state index in [9.17, 15) is 4.39 Å². The highest BCUT2D eigenvalue weighted by molar-refractivity contribution is 6.31. The zero-order valence-electron chi connectivity index (χ0n) is 11.5. The minimum Gasteiger partial charge on any atom is -0.376 e. The van der Waals surface area contributed by atoms with E-state index in [1.165, 1.54) is 12.1 Å². The van der Waals surface area contributed by atoms with Gasteiger partial charge in [0.25, 0.3) is 0 Å². The van der Waals surface area contributed by atoms with Gasteiger partial charge in [0.15, 0.2) is 0 Å². The fourth-order valence-corrected chi connectivity index (χ4v) is 2.97. The lowest BCUT2D eigenvalue weighted by Crippen LogP contribution is -2.50. The molecule has 0 bridgehead atoms. The Morgan fingerprint density at radius 1 is 1.47 bits per heavy atom. The first kappa shape index (κ1) is 14.8. The molecule has 19 heavy (non-hydrogen) atoms. The van der Waals surface area contributed by atoms with Gasteiger partial charge in [-0.05, 0) is 56.0 Å². The minimum absolute atomic E-state index is 0.0469. The smallest absolute Gasteiger partial charge is 0.123 e. The van der Waals surface area contributed by atoms with Gasteiger partial charge in [-0.3, -0.25) is 0 Å². The van der Waals surface area contributed by atoms with Gasteiger partial charge in [0.05, 0.1) is 11.6 Å². The van der Waals surface area contributed by atoms with Crippen molar-refractivity contribution in [2.75, 3.05) is 13.7 Å². The Kier molecular flexibility index (Phi) is 4.82. The Bertz CT molecular complexity index is 429. The predicted molar refractivity (Wildman–Crippen MR) is 76.0 cm³/mol. The molecule has 1 fully saturated rings. The maximum atomic E-state index is 13.5. The predicted octanol–water partition coefficient (Wildman–Crippen LogP) is 4.09. The third kappa shape index (κ3) is 2.93. The van der Waals surface area contributed by atoms with E-state index >= 15 is 0 Å². The molecule has 0 aliphatic heterocycles. The fraction of sp³-hybridized carbons (Fsp3) is 0.600. The quantitative estimate of drug-likeness (QED) is 0.850. The highest BCUT2D eigenvalue weighted by Gasteiger charge is 2.45. The molecule has 2 rings (SSSR count). The Labute approximate surface area is 119 Å². The summed E-state index contributed by atoms with van der Waals surface area (Å²) < 4.78 is 19.3. The van der Waals surface area contributed by atoms with E-state index < -0.39 is 0 Å². The zero-order valence-corrected chi connectivity index (χ0v) is 12.3. The second-order valence-electron chi connectivity index (χ2n) is 5.18. The number of nitrogens with one attached hydrogen (secondary N) is 1.